The smallest absolute Gasteiger partial charge is 0.215 e. The quantitative estimate of drug-likeness (QED) is 0.848. The number of ether oxygens (including phenoxy) is 1. The van der Waals surface area contributed by atoms with Crippen LogP contribution in [0.5, 0.6) is 5.88 Å². The molecule has 0 radical (unpaired) electrons. The third-order valence-electron chi connectivity index (χ3n) is 5.01. The van der Waals surface area contributed by atoms with Crippen molar-refractivity contribution in [3.63, 3.8) is 0 Å². The van der Waals surface area contributed by atoms with E-state index in [4.69, 9.17) is 9.84 Å². The van der Waals surface area contributed by atoms with E-state index in [2.05, 4.69) is 35.6 Å². The summed E-state index contributed by atoms with van der Waals surface area (Å²) >= 11 is 0. The van der Waals surface area contributed by atoms with Crippen LogP contribution in [-0.2, 0) is 13.0 Å². The Balaban J connectivity index is 1.70. The standard InChI is InChI=1S/C17H21N3O/c1-3-14-6-5-13(9-18-14)15-12(2)16-20(19-15)10-17(11-21-16)7-4-8-17/h5-6,9H,3-4,7-8,10-11H2,1-2H3. The Morgan fingerprint density at radius 2 is 2.19 bits per heavy atom. The highest BCUT2D eigenvalue weighted by Crippen LogP contribution is 2.47. The van der Waals surface area contributed by atoms with Gasteiger partial charge in [-0.3, -0.25) is 4.98 Å². The predicted molar refractivity (Wildman–Crippen MR) is 81.4 cm³/mol. The first-order chi connectivity index (χ1) is 10.2. The van der Waals surface area contributed by atoms with Gasteiger partial charge in [0.25, 0.3) is 0 Å². The summed E-state index contributed by atoms with van der Waals surface area (Å²) in [6, 6.07) is 4.20. The molecule has 4 rings (SSSR count). The molecule has 0 bridgehead atoms. The van der Waals surface area contributed by atoms with Crippen molar-refractivity contribution in [1.29, 1.82) is 0 Å². The van der Waals surface area contributed by atoms with Gasteiger partial charge in [-0.15, -0.1) is 0 Å². The lowest BCUT2D eigenvalue weighted by atomic mass is 9.69. The Labute approximate surface area is 125 Å². The van der Waals surface area contributed by atoms with Gasteiger partial charge in [0, 0.05) is 28.4 Å². The maximum atomic E-state index is 6.04. The fourth-order valence-corrected chi connectivity index (χ4v) is 3.44. The summed E-state index contributed by atoms with van der Waals surface area (Å²) in [6.07, 6.45) is 6.76. The van der Waals surface area contributed by atoms with Gasteiger partial charge in [-0.25, -0.2) is 4.68 Å². The summed E-state index contributed by atoms with van der Waals surface area (Å²) in [5.41, 5.74) is 4.70. The van der Waals surface area contributed by atoms with Crippen LogP contribution in [0, 0.1) is 12.3 Å². The molecule has 0 atom stereocenters. The van der Waals surface area contributed by atoms with E-state index in [0.29, 0.717) is 5.41 Å². The second-order valence-corrected chi connectivity index (χ2v) is 6.47. The van der Waals surface area contributed by atoms with Gasteiger partial charge in [0.2, 0.25) is 5.88 Å². The van der Waals surface area contributed by atoms with Crippen LogP contribution in [0.4, 0.5) is 0 Å². The van der Waals surface area contributed by atoms with E-state index in [1.54, 1.807) is 0 Å². The topological polar surface area (TPSA) is 39.9 Å². The van der Waals surface area contributed by atoms with E-state index < -0.39 is 0 Å². The Morgan fingerprint density at radius 3 is 2.81 bits per heavy atom. The molecule has 1 saturated carbocycles. The molecule has 0 amide bonds. The minimum Gasteiger partial charge on any atom is -0.477 e. The van der Waals surface area contributed by atoms with E-state index in [1.165, 1.54) is 19.3 Å². The summed E-state index contributed by atoms with van der Waals surface area (Å²) in [4.78, 5) is 4.49. The van der Waals surface area contributed by atoms with Gasteiger partial charge < -0.3 is 4.74 Å². The number of nitrogens with zero attached hydrogens (tertiary/aromatic N) is 3. The first-order valence-corrected chi connectivity index (χ1v) is 7.86. The fourth-order valence-electron chi connectivity index (χ4n) is 3.44. The van der Waals surface area contributed by atoms with Crippen LogP contribution >= 0.6 is 0 Å². The summed E-state index contributed by atoms with van der Waals surface area (Å²) in [6.45, 7) is 6.07. The van der Waals surface area contributed by atoms with Crippen LogP contribution < -0.4 is 4.74 Å². The average molecular weight is 283 g/mol. The van der Waals surface area contributed by atoms with Gasteiger partial charge in [-0.1, -0.05) is 13.3 Å². The van der Waals surface area contributed by atoms with Gasteiger partial charge in [-0.05, 0) is 38.3 Å². The van der Waals surface area contributed by atoms with Gasteiger partial charge >= 0.3 is 0 Å². The number of rotatable bonds is 2. The molecule has 0 saturated heterocycles. The molecule has 4 nitrogen and oxygen atoms in total. The summed E-state index contributed by atoms with van der Waals surface area (Å²) < 4.78 is 8.11. The first kappa shape index (κ1) is 12.9. The van der Waals surface area contributed by atoms with Crippen LogP contribution in [0.25, 0.3) is 11.3 Å². The molecule has 0 unspecified atom stereocenters. The van der Waals surface area contributed by atoms with Crippen molar-refractivity contribution in [2.24, 2.45) is 5.41 Å². The van der Waals surface area contributed by atoms with E-state index >= 15 is 0 Å². The van der Waals surface area contributed by atoms with Crippen molar-refractivity contribution in [1.82, 2.24) is 14.8 Å². The van der Waals surface area contributed by atoms with Crippen molar-refractivity contribution in [3.05, 3.63) is 29.6 Å². The normalized spacial score (nSPS) is 19.0. The second kappa shape index (κ2) is 4.58. The van der Waals surface area contributed by atoms with Crippen LogP contribution in [0.1, 0.15) is 37.4 Å². The molecule has 4 heteroatoms. The SMILES string of the molecule is CCc1ccc(-c2nn3c(c2C)OCC2(CCC2)C3)cn1. The van der Waals surface area contributed by atoms with Crippen LogP contribution in [-0.4, -0.2) is 21.4 Å². The molecule has 0 aromatic carbocycles. The van der Waals surface area contributed by atoms with E-state index in [0.717, 1.165) is 48.0 Å². The largest absolute Gasteiger partial charge is 0.477 e. The highest BCUT2D eigenvalue weighted by atomic mass is 16.5. The lowest BCUT2D eigenvalue weighted by molar-refractivity contribution is 0.00153. The minimum absolute atomic E-state index is 0.354. The summed E-state index contributed by atoms with van der Waals surface area (Å²) in [7, 11) is 0. The fraction of sp³-hybridized carbons (Fsp3) is 0.529. The Hall–Kier alpha value is -1.84. The van der Waals surface area contributed by atoms with Crippen molar-refractivity contribution in [3.8, 4) is 17.1 Å². The van der Waals surface area contributed by atoms with Crippen molar-refractivity contribution in [2.75, 3.05) is 6.61 Å². The Morgan fingerprint density at radius 1 is 1.33 bits per heavy atom. The molecule has 1 spiro atoms. The third kappa shape index (κ3) is 1.96. The molecule has 3 heterocycles. The van der Waals surface area contributed by atoms with Gasteiger partial charge in [0.15, 0.2) is 0 Å². The maximum Gasteiger partial charge on any atom is 0.215 e. The van der Waals surface area contributed by atoms with Crippen LogP contribution in [0.3, 0.4) is 0 Å². The molecule has 21 heavy (non-hydrogen) atoms. The molecule has 2 aliphatic rings. The predicted octanol–water partition coefficient (Wildman–Crippen LogP) is 3.38. The molecule has 110 valence electrons. The van der Waals surface area contributed by atoms with Gasteiger partial charge in [0.1, 0.15) is 5.69 Å². The van der Waals surface area contributed by atoms with Gasteiger partial charge in [0.05, 0.1) is 13.2 Å². The first-order valence-electron chi connectivity index (χ1n) is 7.86. The number of hydrogen-bond donors (Lipinski definition) is 0. The van der Waals surface area contributed by atoms with E-state index in [9.17, 15) is 0 Å². The molecule has 1 aliphatic heterocycles. The molecular weight excluding hydrogens is 262 g/mol. The Bertz CT molecular complexity index is 668. The van der Waals surface area contributed by atoms with Crippen molar-refractivity contribution in [2.45, 2.75) is 46.1 Å². The molecular formula is C17H21N3O. The molecule has 1 fully saturated rings. The summed E-state index contributed by atoms with van der Waals surface area (Å²) in [5.74, 6) is 0.946. The molecule has 0 N–H and O–H groups in total. The number of aryl methyl sites for hydroxylation is 1. The maximum absolute atomic E-state index is 6.04. The number of fused-ring (bicyclic) bond motifs is 1. The van der Waals surface area contributed by atoms with E-state index in [1.807, 2.05) is 6.20 Å². The monoisotopic (exact) mass is 283 g/mol. The second-order valence-electron chi connectivity index (χ2n) is 6.47. The molecule has 2 aromatic rings. The lowest BCUT2D eigenvalue weighted by Gasteiger charge is -2.44. The van der Waals surface area contributed by atoms with Crippen molar-refractivity contribution >= 4 is 0 Å². The molecule has 2 aromatic heterocycles. The van der Waals surface area contributed by atoms with Gasteiger partial charge in [-0.2, -0.15) is 5.10 Å². The minimum atomic E-state index is 0.354. The lowest BCUT2D eigenvalue weighted by Crippen LogP contribution is -2.43. The zero-order valence-electron chi connectivity index (χ0n) is 12.7. The van der Waals surface area contributed by atoms with Crippen LogP contribution in [0.15, 0.2) is 18.3 Å². The van der Waals surface area contributed by atoms with E-state index in [-0.39, 0.29) is 0 Å². The number of pyridine rings is 1. The summed E-state index contributed by atoms with van der Waals surface area (Å²) in [5, 5.41) is 4.81. The average Bonchev–Trinajstić information content (AvgIpc) is 2.82. The highest BCUT2D eigenvalue weighted by Gasteiger charge is 2.42. The highest BCUT2D eigenvalue weighted by molar-refractivity contribution is 5.64. The molecule has 1 aliphatic carbocycles. The third-order valence-corrected chi connectivity index (χ3v) is 5.01. The zero-order chi connectivity index (χ0) is 14.4. The van der Waals surface area contributed by atoms with Crippen molar-refractivity contribution < 1.29 is 4.74 Å². The van der Waals surface area contributed by atoms with Crippen LogP contribution in [0.2, 0.25) is 0 Å². The Kier molecular flexibility index (Phi) is 2.81. The zero-order valence-corrected chi connectivity index (χ0v) is 12.7. The number of hydrogen-bond acceptors (Lipinski definition) is 3. The number of aromatic nitrogens is 3.